The molecule has 46 heavy (non-hydrogen) atoms. The maximum atomic E-state index is 14.9. The first-order valence-electron chi connectivity index (χ1n) is 15.0. The molecule has 10 nitrogen and oxygen atoms in total. The Balaban J connectivity index is 1.53. The number of aromatic carboxylic acids is 1. The van der Waals surface area contributed by atoms with Gasteiger partial charge in [0.2, 0.25) is 0 Å². The molecule has 2 amide bonds. The largest absolute Gasteiger partial charge is 0.478 e. The van der Waals surface area contributed by atoms with Gasteiger partial charge in [-0.05, 0) is 87.7 Å². The van der Waals surface area contributed by atoms with Crippen LogP contribution in [0.2, 0.25) is 0 Å². The fourth-order valence-corrected chi connectivity index (χ4v) is 9.89. The molecule has 0 aromatic heterocycles. The second-order valence-electron chi connectivity index (χ2n) is 12.2. The van der Waals surface area contributed by atoms with E-state index in [-0.39, 0.29) is 33.4 Å². The number of ether oxygens (including phenoxy) is 1. The van der Waals surface area contributed by atoms with Gasteiger partial charge in [0.1, 0.15) is 16.7 Å². The number of amides is 2. The van der Waals surface area contributed by atoms with Crippen molar-refractivity contribution in [3.8, 4) is 5.75 Å². The number of alkyl halides is 2. The molecule has 1 saturated carbocycles. The molecule has 2 unspecified atom stereocenters. The van der Waals surface area contributed by atoms with Gasteiger partial charge in [-0.25, -0.2) is 9.59 Å². The zero-order valence-corrected chi connectivity index (χ0v) is 26.1. The highest BCUT2D eigenvalue weighted by Crippen LogP contribution is 2.62. The van der Waals surface area contributed by atoms with Crippen LogP contribution < -0.4 is 19.3 Å². The Morgan fingerprint density at radius 2 is 1.74 bits per heavy atom. The third-order valence-corrected chi connectivity index (χ3v) is 12.0. The fourth-order valence-electron chi connectivity index (χ4n) is 7.61. The lowest BCUT2D eigenvalue weighted by Gasteiger charge is -2.43. The van der Waals surface area contributed by atoms with Gasteiger partial charge >= 0.3 is 28.5 Å². The number of carboxylic acid groups (broad SMARTS) is 1. The number of carboxylic acids is 1. The lowest BCUT2D eigenvalue weighted by molar-refractivity contribution is -0.126. The second kappa shape index (κ2) is 11.6. The Morgan fingerprint density at radius 3 is 2.37 bits per heavy atom. The lowest BCUT2D eigenvalue weighted by Crippen LogP contribution is -2.67. The normalized spacial score (nSPS) is 22.0. The minimum absolute atomic E-state index is 0.0458. The van der Waals surface area contributed by atoms with Crippen molar-refractivity contribution in [2.45, 2.75) is 62.5 Å². The number of carbonyl (C=O) groups excluding carboxylic acids is 2. The quantitative estimate of drug-likeness (QED) is 0.282. The van der Waals surface area contributed by atoms with Crippen LogP contribution in [0.4, 0.5) is 20.2 Å². The molecule has 3 aromatic carbocycles. The minimum Gasteiger partial charge on any atom is -0.478 e. The molecule has 6 rings (SSSR count). The third kappa shape index (κ3) is 4.88. The second-order valence-corrected chi connectivity index (χ2v) is 14.2. The van der Waals surface area contributed by atoms with Crippen molar-refractivity contribution in [3.63, 3.8) is 0 Å². The SMILES string of the molecule is CC(=O)[N+]1(S(=O)(=O)c2cccc(OC(F)F)c2)c2ccc(C(=O)Nc3cccc(C(=O)O)c3C)cc2C2(CCNCC2)C1C1CC1. The summed E-state index contributed by atoms with van der Waals surface area (Å²) < 4.78 is 59.5. The summed E-state index contributed by atoms with van der Waals surface area (Å²) in [6.45, 7) is 0.802. The van der Waals surface area contributed by atoms with Gasteiger partial charge in [0.05, 0.1) is 17.9 Å². The van der Waals surface area contributed by atoms with Crippen molar-refractivity contribution in [3.05, 3.63) is 82.9 Å². The minimum atomic E-state index is -4.61. The summed E-state index contributed by atoms with van der Waals surface area (Å²) in [6, 6.07) is 13.4. The molecule has 3 aromatic rings. The van der Waals surface area contributed by atoms with Gasteiger partial charge < -0.3 is 20.5 Å². The van der Waals surface area contributed by atoms with E-state index >= 15 is 0 Å². The van der Waals surface area contributed by atoms with Gasteiger partial charge in [-0.2, -0.15) is 17.2 Å². The van der Waals surface area contributed by atoms with Crippen molar-refractivity contribution in [1.82, 2.24) is 9.21 Å². The molecule has 0 bridgehead atoms. The average molecular weight is 655 g/mol. The van der Waals surface area contributed by atoms with Gasteiger partial charge in [-0.15, -0.1) is 3.89 Å². The predicted molar refractivity (Wildman–Crippen MR) is 166 cm³/mol. The molecular weight excluding hydrogens is 620 g/mol. The fraction of sp³-hybridized carbons (Fsp3) is 0.364. The molecule has 2 aliphatic heterocycles. The average Bonchev–Trinajstić information content (AvgIpc) is 3.82. The zero-order valence-electron chi connectivity index (χ0n) is 25.3. The number of benzene rings is 3. The summed E-state index contributed by atoms with van der Waals surface area (Å²) in [7, 11) is -4.61. The number of anilines is 1. The van der Waals surface area contributed by atoms with E-state index in [2.05, 4.69) is 15.4 Å². The van der Waals surface area contributed by atoms with Crippen LogP contribution in [-0.4, -0.2) is 57.1 Å². The highest BCUT2D eigenvalue weighted by atomic mass is 32.2. The standard InChI is InChI=1S/C33H33F2N3O7S/c1-19-25(31(41)42)7-4-8-27(19)37-30(40)22-11-12-28-26(17-22)33(13-15-36-16-14-33)29(21-9-10-21)38(28,20(2)39)46(43,44)24-6-3-5-23(18-24)45-32(34)35/h3-8,11-12,17-18,21,29,32,36H,9-10,13-16H2,1-2H3,(H-,37,40,41,42)/p+1. The Hall–Kier alpha value is -4.20. The van der Waals surface area contributed by atoms with Crippen LogP contribution in [-0.2, 0) is 20.2 Å². The molecule has 1 saturated heterocycles. The van der Waals surface area contributed by atoms with E-state index in [4.69, 9.17) is 0 Å². The van der Waals surface area contributed by atoms with Gasteiger partial charge in [-0.1, -0.05) is 12.1 Å². The van der Waals surface area contributed by atoms with E-state index in [1.807, 2.05) is 0 Å². The number of piperidine rings is 1. The highest BCUT2D eigenvalue weighted by Gasteiger charge is 2.73. The third-order valence-electron chi connectivity index (χ3n) is 9.66. The Labute approximate surface area is 265 Å². The molecule has 0 radical (unpaired) electrons. The maximum Gasteiger partial charge on any atom is 0.387 e. The summed E-state index contributed by atoms with van der Waals surface area (Å²) in [5.74, 6) is -2.73. The Bertz CT molecular complexity index is 1860. The van der Waals surface area contributed by atoms with Crippen molar-refractivity contribution < 1.29 is 41.4 Å². The van der Waals surface area contributed by atoms with E-state index in [9.17, 15) is 36.7 Å². The van der Waals surface area contributed by atoms with Crippen molar-refractivity contribution in [2.24, 2.45) is 5.92 Å². The van der Waals surface area contributed by atoms with E-state index in [1.165, 1.54) is 49.4 Å². The van der Waals surface area contributed by atoms with E-state index < -0.39 is 49.8 Å². The summed E-state index contributed by atoms with van der Waals surface area (Å²) in [4.78, 5) is 39.0. The zero-order chi connectivity index (χ0) is 33.0. The molecule has 13 heteroatoms. The first-order chi connectivity index (χ1) is 21.8. The molecule has 3 aliphatic rings. The van der Waals surface area contributed by atoms with E-state index in [1.54, 1.807) is 19.1 Å². The molecule has 1 spiro atoms. The van der Waals surface area contributed by atoms with Crippen LogP contribution in [0.5, 0.6) is 5.75 Å². The molecule has 3 N–H and O–H groups in total. The first-order valence-corrected chi connectivity index (χ1v) is 16.5. The number of fused-ring (bicyclic) bond motifs is 2. The van der Waals surface area contributed by atoms with Crippen LogP contribution in [0.15, 0.2) is 65.6 Å². The molecule has 2 fully saturated rings. The van der Waals surface area contributed by atoms with Gasteiger partial charge in [0, 0.05) is 34.9 Å². The van der Waals surface area contributed by atoms with Crippen LogP contribution in [0.25, 0.3) is 0 Å². The topological polar surface area (TPSA) is 139 Å². The molecular formula is C33H34F2N3O7S+. The van der Waals surface area contributed by atoms with Crippen molar-refractivity contribution in [2.75, 3.05) is 18.4 Å². The summed E-state index contributed by atoms with van der Waals surface area (Å²) in [5.41, 5.74) is 1.02. The van der Waals surface area contributed by atoms with Gasteiger partial charge in [0.25, 0.3) is 5.91 Å². The van der Waals surface area contributed by atoms with E-state index in [0.29, 0.717) is 42.7 Å². The first kappa shape index (κ1) is 31.8. The predicted octanol–water partition coefficient (Wildman–Crippen LogP) is 5.20. The number of halogens is 2. The van der Waals surface area contributed by atoms with Crippen LogP contribution in [0.1, 0.15) is 64.4 Å². The number of sulfonamides is 1. The smallest absolute Gasteiger partial charge is 0.387 e. The summed E-state index contributed by atoms with van der Waals surface area (Å²) in [5, 5.41) is 15.6. The summed E-state index contributed by atoms with van der Waals surface area (Å²) >= 11 is 0. The number of hydrogen-bond donors (Lipinski definition) is 3. The van der Waals surface area contributed by atoms with Crippen LogP contribution in [0, 0.1) is 12.8 Å². The Morgan fingerprint density at radius 1 is 1.04 bits per heavy atom. The molecule has 2 atom stereocenters. The lowest BCUT2D eigenvalue weighted by atomic mass is 9.68. The van der Waals surface area contributed by atoms with E-state index in [0.717, 1.165) is 18.9 Å². The maximum absolute atomic E-state index is 14.9. The van der Waals surface area contributed by atoms with Gasteiger partial charge in [-0.3, -0.25) is 4.79 Å². The number of quaternary nitrogens is 1. The molecule has 1 aliphatic carbocycles. The monoisotopic (exact) mass is 654 g/mol. The van der Waals surface area contributed by atoms with Crippen LogP contribution >= 0.6 is 0 Å². The number of nitrogens with one attached hydrogen (secondary N) is 2. The summed E-state index contributed by atoms with van der Waals surface area (Å²) in [6.07, 6.45) is 2.47. The molecule has 2 heterocycles. The Kier molecular flexibility index (Phi) is 7.98. The molecule has 242 valence electrons. The number of nitrogens with zero attached hydrogens (tertiary/aromatic N) is 1. The van der Waals surface area contributed by atoms with Crippen molar-refractivity contribution >= 4 is 39.2 Å². The number of carbonyl (C=O) groups is 3. The number of rotatable bonds is 8. The van der Waals surface area contributed by atoms with Crippen LogP contribution in [0.3, 0.4) is 0 Å². The van der Waals surface area contributed by atoms with Crippen molar-refractivity contribution in [1.29, 1.82) is 0 Å². The highest BCUT2D eigenvalue weighted by molar-refractivity contribution is 7.91. The van der Waals surface area contributed by atoms with Gasteiger partial charge in [0.15, 0.2) is 5.69 Å². The number of hydrogen-bond acceptors (Lipinski definition) is 7.